The predicted molar refractivity (Wildman–Crippen MR) is 145 cm³/mol. The van der Waals surface area contributed by atoms with Crippen LogP contribution in [0.25, 0.3) is 0 Å². The van der Waals surface area contributed by atoms with Crippen molar-refractivity contribution >= 4 is 43.5 Å². The SMILES string of the molecule is CCNC(=O)[C@@H](C)N(Cc1ccc(Br)cc1)C(=O)CN(c1ccccc1)S(=O)(=O)c1ccc(C)cc1. The van der Waals surface area contributed by atoms with Crippen molar-refractivity contribution < 1.29 is 18.0 Å². The fourth-order valence-corrected chi connectivity index (χ4v) is 5.33. The van der Waals surface area contributed by atoms with Gasteiger partial charge in [-0.15, -0.1) is 0 Å². The molecule has 3 aromatic carbocycles. The molecule has 0 radical (unpaired) electrons. The lowest BCUT2D eigenvalue weighted by atomic mass is 10.1. The molecule has 0 unspecified atom stereocenters. The topological polar surface area (TPSA) is 86.8 Å². The van der Waals surface area contributed by atoms with Gasteiger partial charge < -0.3 is 10.2 Å². The number of carbonyl (C=O) groups is 2. The van der Waals surface area contributed by atoms with E-state index < -0.39 is 28.5 Å². The number of amides is 2. The van der Waals surface area contributed by atoms with Crippen LogP contribution in [0.3, 0.4) is 0 Å². The number of nitrogens with one attached hydrogen (secondary N) is 1. The molecule has 0 saturated carbocycles. The monoisotopic (exact) mass is 571 g/mol. The minimum absolute atomic E-state index is 0.0842. The predicted octanol–water partition coefficient (Wildman–Crippen LogP) is 4.51. The smallest absolute Gasteiger partial charge is 0.264 e. The third-order valence-corrected chi connectivity index (χ3v) is 8.03. The number of halogens is 1. The Hall–Kier alpha value is -3.17. The summed E-state index contributed by atoms with van der Waals surface area (Å²) in [5, 5.41) is 2.75. The summed E-state index contributed by atoms with van der Waals surface area (Å²) in [6, 6.07) is 21.6. The lowest BCUT2D eigenvalue weighted by molar-refractivity contribution is -0.139. The minimum atomic E-state index is -4.06. The van der Waals surface area contributed by atoms with Crippen molar-refractivity contribution in [1.29, 1.82) is 0 Å². The lowest BCUT2D eigenvalue weighted by Gasteiger charge is -2.32. The molecule has 2 amide bonds. The first-order chi connectivity index (χ1) is 17.1. The standard InChI is InChI=1S/C27H30BrN3O4S/c1-4-29-27(33)21(3)30(18-22-12-14-23(28)15-13-22)26(32)19-31(24-8-6-5-7-9-24)36(34,35)25-16-10-20(2)11-17-25/h5-17,21H,4,18-19H2,1-3H3,(H,29,33)/t21-/m1/s1. The summed E-state index contributed by atoms with van der Waals surface area (Å²) in [6.07, 6.45) is 0. The number of hydrogen-bond acceptors (Lipinski definition) is 4. The molecule has 0 aliphatic heterocycles. The van der Waals surface area contributed by atoms with Gasteiger partial charge in [-0.3, -0.25) is 13.9 Å². The second-order valence-electron chi connectivity index (χ2n) is 8.38. The zero-order valence-electron chi connectivity index (χ0n) is 20.5. The first kappa shape index (κ1) is 27.4. The van der Waals surface area contributed by atoms with Gasteiger partial charge in [0.05, 0.1) is 10.6 Å². The number of rotatable bonds is 10. The molecule has 7 nitrogen and oxygen atoms in total. The van der Waals surface area contributed by atoms with Gasteiger partial charge in [0.1, 0.15) is 12.6 Å². The van der Waals surface area contributed by atoms with E-state index in [-0.39, 0.29) is 17.3 Å². The molecule has 0 aliphatic carbocycles. The molecule has 3 rings (SSSR count). The van der Waals surface area contributed by atoms with Gasteiger partial charge in [-0.1, -0.05) is 64.0 Å². The highest BCUT2D eigenvalue weighted by molar-refractivity contribution is 9.10. The molecule has 0 spiro atoms. The Balaban J connectivity index is 1.99. The van der Waals surface area contributed by atoms with Crippen LogP contribution >= 0.6 is 15.9 Å². The quantitative estimate of drug-likeness (QED) is 0.388. The van der Waals surface area contributed by atoms with Crippen LogP contribution in [0.15, 0.2) is 88.2 Å². The maximum Gasteiger partial charge on any atom is 0.264 e. The summed E-state index contributed by atoms with van der Waals surface area (Å²) in [5.41, 5.74) is 2.10. The fourth-order valence-electron chi connectivity index (χ4n) is 3.65. The molecule has 0 heterocycles. The average Bonchev–Trinajstić information content (AvgIpc) is 2.87. The number of aryl methyl sites for hydroxylation is 1. The molecule has 190 valence electrons. The third-order valence-electron chi connectivity index (χ3n) is 5.72. The van der Waals surface area contributed by atoms with Crippen LogP contribution in [0.5, 0.6) is 0 Å². The van der Waals surface area contributed by atoms with E-state index in [1.807, 2.05) is 31.2 Å². The van der Waals surface area contributed by atoms with Gasteiger partial charge in [-0.2, -0.15) is 0 Å². The first-order valence-electron chi connectivity index (χ1n) is 11.6. The fraction of sp³-hybridized carbons (Fsp3) is 0.259. The van der Waals surface area contributed by atoms with Gasteiger partial charge in [0, 0.05) is 17.6 Å². The van der Waals surface area contributed by atoms with Crippen LogP contribution in [0, 0.1) is 6.92 Å². The Kier molecular flexibility index (Phi) is 9.28. The zero-order chi connectivity index (χ0) is 26.3. The summed E-state index contributed by atoms with van der Waals surface area (Å²) < 4.78 is 29.3. The van der Waals surface area contributed by atoms with Crippen molar-refractivity contribution in [2.75, 3.05) is 17.4 Å². The van der Waals surface area contributed by atoms with E-state index in [0.717, 1.165) is 19.9 Å². The maximum absolute atomic E-state index is 13.7. The number of nitrogens with zero attached hydrogens (tertiary/aromatic N) is 2. The molecule has 9 heteroatoms. The molecule has 3 aromatic rings. The van der Waals surface area contributed by atoms with Crippen LogP contribution < -0.4 is 9.62 Å². The molecule has 1 N–H and O–H groups in total. The number of carbonyl (C=O) groups excluding carboxylic acids is 2. The second kappa shape index (κ2) is 12.2. The first-order valence-corrected chi connectivity index (χ1v) is 13.8. The van der Waals surface area contributed by atoms with E-state index in [1.165, 1.54) is 17.0 Å². The largest absolute Gasteiger partial charge is 0.355 e. The van der Waals surface area contributed by atoms with Gasteiger partial charge in [0.2, 0.25) is 11.8 Å². The van der Waals surface area contributed by atoms with E-state index in [4.69, 9.17) is 0 Å². The number of benzene rings is 3. The Bertz CT molecular complexity index is 1280. The van der Waals surface area contributed by atoms with E-state index in [2.05, 4.69) is 21.2 Å². The normalized spacial score (nSPS) is 12.0. The lowest BCUT2D eigenvalue weighted by Crippen LogP contribution is -2.51. The number of para-hydroxylation sites is 1. The Morgan fingerprint density at radius 2 is 1.56 bits per heavy atom. The van der Waals surface area contributed by atoms with Crippen molar-refractivity contribution in [1.82, 2.24) is 10.2 Å². The Morgan fingerprint density at radius 3 is 2.14 bits per heavy atom. The summed E-state index contributed by atoms with van der Waals surface area (Å²) in [5.74, 6) is -0.799. The van der Waals surface area contributed by atoms with Gasteiger partial charge >= 0.3 is 0 Å². The number of anilines is 1. The van der Waals surface area contributed by atoms with Crippen LogP contribution in [-0.4, -0.2) is 44.3 Å². The molecule has 0 aromatic heterocycles. The highest BCUT2D eigenvalue weighted by Crippen LogP contribution is 2.25. The van der Waals surface area contributed by atoms with Crippen LogP contribution in [0.2, 0.25) is 0 Å². The summed E-state index contributed by atoms with van der Waals surface area (Å²) in [4.78, 5) is 27.9. The molecule has 0 bridgehead atoms. The number of hydrogen-bond donors (Lipinski definition) is 1. The Morgan fingerprint density at radius 1 is 0.944 bits per heavy atom. The van der Waals surface area contributed by atoms with Crippen molar-refractivity contribution in [3.63, 3.8) is 0 Å². The van der Waals surface area contributed by atoms with E-state index in [1.54, 1.807) is 56.3 Å². The summed E-state index contributed by atoms with van der Waals surface area (Å²) in [7, 11) is -4.06. The molecular formula is C27H30BrN3O4S. The van der Waals surface area contributed by atoms with Crippen molar-refractivity contribution in [2.45, 2.75) is 38.3 Å². The highest BCUT2D eigenvalue weighted by atomic mass is 79.9. The van der Waals surface area contributed by atoms with Gasteiger partial charge in [-0.25, -0.2) is 8.42 Å². The number of sulfonamides is 1. The molecule has 36 heavy (non-hydrogen) atoms. The summed E-state index contributed by atoms with van der Waals surface area (Å²) >= 11 is 3.40. The van der Waals surface area contributed by atoms with Crippen LogP contribution in [0.4, 0.5) is 5.69 Å². The molecular weight excluding hydrogens is 542 g/mol. The summed E-state index contributed by atoms with van der Waals surface area (Å²) in [6.45, 7) is 5.43. The highest BCUT2D eigenvalue weighted by Gasteiger charge is 2.32. The molecule has 0 fully saturated rings. The van der Waals surface area contributed by atoms with Gasteiger partial charge in [0.25, 0.3) is 10.0 Å². The van der Waals surface area contributed by atoms with Crippen molar-refractivity contribution in [3.8, 4) is 0 Å². The van der Waals surface area contributed by atoms with Crippen LogP contribution in [0.1, 0.15) is 25.0 Å². The molecule has 0 aliphatic rings. The zero-order valence-corrected chi connectivity index (χ0v) is 22.9. The van der Waals surface area contributed by atoms with Crippen molar-refractivity contribution in [3.05, 3.63) is 94.5 Å². The minimum Gasteiger partial charge on any atom is -0.355 e. The number of likely N-dealkylation sites (N-methyl/N-ethyl adjacent to an activating group) is 1. The maximum atomic E-state index is 13.7. The van der Waals surface area contributed by atoms with Gasteiger partial charge in [0.15, 0.2) is 0 Å². The Labute approximate surface area is 221 Å². The average molecular weight is 573 g/mol. The van der Waals surface area contributed by atoms with Crippen LogP contribution in [-0.2, 0) is 26.2 Å². The van der Waals surface area contributed by atoms with E-state index in [0.29, 0.717) is 12.2 Å². The van der Waals surface area contributed by atoms with Gasteiger partial charge in [-0.05, 0) is 62.7 Å². The molecule has 1 atom stereocenters. The molecule has 0 saturated heterocycles. The van der Waals surface area contributed by atoms with E-state index >= 15 is 0 Å². The third kappa shape index (κ3) is 6.73. The van der Waals surface area contributed by atoms with E-state index in [9.17, 15) is 18.0 Å². The second-order valence-corrected chi connectivity index (χ2v) is 11.2. The van der Waals surface area contributed by atoms with Crippen molar-refractivity contribution in [2.24, 2.45) is 0 Å².